The number of aryl methyl sites for hydroxylation is 1. The maximum absolute atomic E-state index is 12.2. The molecule has 140 valence electrons. The van der Waals surface area contributed by atoms with E-state index in [1.54, 1.807) is 23.6 Å². The maximum atomic E-state index is 12.2. The Morgan fingerprint density at radius 2 is 1.96 bits per heavy atom. The van der Waals surface area contributed by atoms with E-state index in [4.69, 9.17) is 0 Å². The molecule has 0 fully saturated rings. The van der Waals surface area contributed by atoms with Gasteiger partial charge in [0.05, 0.1) is 16.8 Å². The summed E-state index contributed by atoms with van der Waals surface area (Å²) in [6.45, 7) is 8.25. The molecule has 0 radical (unpaired) electrons. The Balaban J connectivity index is 1.59. The lowest BCUT2D eigenvalue weighted by Crippen LogP contribution is -2.21. The highest BCUT2D eigenvalue weighted by Crippen LogP contribution is 2.26. The van der Waals surface area contributed by atoms with Crippen LogP contribution in [0.3, 0.4) is 0 Å². The first-order valence-corrected chi connectivity index (χ1v) is 9.73. The van der Waals surface area contributed by atoms with Crippen LogP contribution in [-0.4, -0.2) is 35.4 Å². The molecular formula is C20H23N5OS. The first-order chi connectivity index (χ1) is 13.1. The number of hydrogen-bond acceptors (Lipinski definition) is 5. The molecule has 2 heterocycles. The minimum atomic E-state index is -0.346. The molecule has 0 atom stereocenters. The summed E-state index contributed by atoms with van der Waals surface area (Å²) in [5, 5.41) is 11.0. The van der Waals surface area contributed by atoms with Crippen LogP contribution in [0.4, 0.5) is 5.69 Å². The number of H-pyrrole nitrogens is 1. The third-order valence-electron chi connectivity index (χ3n) is 4.22. The molecular weight excluding hydrogens is 358 g/mol. The van der Waals surface area contributed by atoms with Crippen LogP contribution in [0, 0.1) is 6.92 Å². The van der Waals surface area contributed by atoms with Gasteiger partial charge in [-0.05, 0) is 56.7 Å². The van der Waals surface area contributed by atoms with Crippen LogP contribution < -0.4 is 10.3 Å². The van der Waals surface area contributed by atoms with E-state index < -0.39 is 0 Å². The number of thiophene rings is 1. The van der Waals surface area contributed by atoms with Crippen molar-refractivity contribution in [2.75, 3.05) is 18.0 Å². The molecule has 1 aromatic carbocycles. The number of benzene rings is 1. The first kappa shape index (κ1) is 18.8. The van der Waals surface area contributed by atoms with Crippen molar-refractivity contribution in [2.24, 2.45) is 5.10 Å². The SMILES string of the molecule is CCN(CC)c1ccc(/C=N\NC(=O)c2cc(-c3ccc(C)s3)[nH]n2)cc1. The maximum Gasteiger partial charge on any atom is 0.291 e. The van der Waals surface area contributed by atoms with Crippen molar-refractivity contribution < 1.29 is 4.79 Å². The molecule has 0 aliphatic heterocycles. The van der Waals surface area contributed by atoms with Crippen molar-refractivity contribution in [3.05, 3.63) is 58.6 Å². The van der Waals surface area contributed by atoms with Crippen LogP contribution in [0.2, 0.25) is 0 Å². The molecule has 0 saturated heterocycles. The van der Waals surface area contributed by atoms with Gasteiger partial charge in [0.25, 0.3) is 5.91 Å². The number of carbonyl (C=O) groups excluding carboxylic acids is 1. The van der Waals surface area contributed by atoms with E-state index >= 15 is 0 Å². The number of hydrazone groups is 1. The van der Waals surface area contributed by atoms with Crippen molar-refractivity contribution in [2.45, 2.75) is 20.8 Å². The van der Waals surface area contributed by atoms with Crippen molar-refractivity contribution >= 4 is 29.1 Å². The van der Waals surface area contributed by atoms with Gasteiger partial charge >= 0.3 is 0 Å². The summed E-state index contributed by atoms with van der Waals surface area (Å²) < 4.78 is 0. The van der Waals surface area contributed by atoms with Gasteiger partial charge in [-0.15, -0.1) is 11.3 Å². The lowest BCUT2D eigenvalue weighted by molar-refractivity contribution is 0.0950. The Kier molecular flexibility index (Phi) is 6.03. The topological polar surface area (TPSA) is 73.4 Å². The normalized spacial score (nSPS) is 11.1. The molecule has 7 heteroatoms. The Morgan fingerprint density at radius 1 is 1.22 bits per heavy atom. The standard InChI is InChI=1S/C20H23N5OS/c1-4-25(5-2)16-9-7-15(8-10-16)13-21-24-20(26)18-12-17(22-23-18)19-11-6-14(3)27-19/h6-13H,4-5H2,1-3H3,(H,22,23)(H,24,26)/b21-13-. The summed E-state index contributed by atoms with van der Waals surface area (Å²) in [6, 6.07) is 13.9. The average Bonchev–Trinajstić information content (AvgIpc) is 3.33. The number of amides is 1. The zero-order valence-electron chi connectivity index (χ0n) is 15.7. The minimum absolute atomic E-state index is 0.310. The molecule has 0 bridgehead atoms. The highest BCUT2D eigenvalue weighted by molar-refractivity contribution is 7.15. The summed E-state index contributed by atoms with van der Waals surface area (Å²) in [5.74, 6) is -0.346. The highest BCUT2D eigenvalue weighted by Gasteiger charge is 2.11. The molecule has 6 nitrogen and oxygen atoms in total. The van der Waals surface area contributed by atoms with Crippen LogP contribution in [0.15, 0.2) is 47.6 Å². The molecule has 3 aromatic rings. The summed E-state index contributed by atoms with van der Waals surface area (Å²) in [6.07, 6.45) is 1.63. The average molecular weight is 382 g/mol. The predicted molar refractivity (Wildman–Crippen MR) is 112 cm³/mol. The second kappa shape index (κ2) is 8.64. The van der Waals surface area contributed by atoms with Crippen molar-refractivity contribution in [1.29, 1.82) is 0 Å². The molecule has 0 aliphatic rings. The smallest absolute Gasteiger partial charge is 0.291 e. The van der Waals surface area contributed by atoms with Gasteiger partial charge in [0, 0.05) is 23.7 Å². The Labute approximate surface area is 162 Å². The number of nitrogens with one attached hydrogen (secondary N) is 2. The van der Waals surface area contributed by atoms with Crippen molar-refractivity contribution in [3.63, 3.8) is 0 Å². The van der Waals surface area contributed by atoms with E-state index in [0.29, 0.717) is 5.69 Å². The Morgan fingerprint density at radius 3 is 2.59 bits per heavy atom. The van der Waals surface area contributed by atoms with Gasteiger partial charge in [0.15, 0.2) is 5.69 Å². The number of nitrogens with zero attached hydrogens (tertiary/aromatic N) is 3. The fraction of sp³-hybridized carbons (Fsp3) is 0.250. The quantitative estimate of drug-likeness (QED) is 0.479. The van der Waals surface area contributed by atoms with Crippen molar-refractivity contribution in [1.82, 2.24) is 15.6 Å². The molecule has 2 N–H and O–H groups in total. The minimum Gasteiger partial charge on any atom is -0.372 e. The number of aromatic nitrogens is 2. The second-order valence-electron chi connectivity index (χ2n) is 6.04. The molecule has 2 aromatic heterocycles. The van der Waals surface area contributed by atoms with Crippen LogP contribution in [0.1, 0.15) is 34.8 Å². The van der Waals surface area contributed by atoms with E-state index in [1.807, 2.05) is 31.2 Å². The molecule has 3 rings (SSSR count). The van der Waals surface area contributed by atoms with E-state index in [-0.39, 0.29) is 5.91 Å². The summed E-state index contributed by atoms with van der Waals surface area (Å²) in [4.78, 5) is 16.7. The van der Waals surface area contributed by atoms with Crippen molar-refractivity contribution in [3.8, 4) is 10.6 Å². The third-order valence-corrected chi connectivity index (χ3v) is 5.25. The Hall–Kier alpha value is -2.93. The number of carbonyl (C=O) groups is 1. The molecule has 0 saturated carbocycles. The lowest BCUT2D eigenvalue weighted by atomic mass is 10.2. The van der Waals surface area contributed by atoms with Gasteiger partial charge in [0.2, 0.25) is 0 Å². The second-order valence-corrected chi connectivity index (χ2v) is 7.33. The van der Waals surface area contributed by atoms with Crippen LogP contribution in [0.25, 0.3) is 10.6 Å². The Bertz CT molecular complexity index is 922. The lowest BCUT2D eigenvalue weighted by Gasteiger charge is -2.20. The van der Waals surface area contributed by atoms with Crippen LogP contribution in [0.5, 0.6) is 0 Å². The zero-order valence-corrected chi connectivity index (χ0v) is 16.5. The number of rotatable bonds is 7. The predicted octanol–water partition coefficient (Wildman–Crippen LogP) is 4.06. The van der Waals surface area contributed by atoms with Gasteiger partial charge in [0.1, 0.15) is 0 Å². The van der Waals surface area contributed by atoms with Gasteiger partial charge in [-0.1, -0.05) is 12.1 Å². The monoisotopic (exact) mass is 381 g/mol. The molecule has 1 amide bonds. The molecule has 0 spiro atoms. The summed E-state index contributed by atoms with van der Waals surface area (Å²) in [5.41, 5.74) is 5.75. The van der Waals surface area contributed by atoms with Gasteiger partial charge in [-0.3, -0.25) is 9.89 Å². The highest BCUT2D eigenvalue weighted by atomic mass is 32.1. The van der Waals surface area contributed by atoms with Gasteiger partial charge in [-0.2, -0.15) is 10.2 Å². The van der Waals surface area contributed by atoms with E-state index in [9.17, 15) is 4.79 Å². The number of anilines is 1. The van der Waals surface area contributed by atoms with E-state index in [2.05, 4.69) is 51.6 Å². The molecule has 27 heavy (non-hydrogen) atoms. The first-order valence-electron chi connectivity index (χ1n) is 8.91. The fourth-order valence-corrected chi connectivity index (χ4v) is 3.56. The molecule has 0 unspecified atom stereocenters. The van der Waals surface area contributed by atoms with Crippen LogP contribution >= 0.6 is 11.3 Å². The zero-order chi connectivity index (χ0) is 19.2. The van der Waals surface area contributed by atoms with E-state index in [1.165, 1.54) is 10.6 Å². The van der Waals surface area contributed by atoms with Gasteiger partial charge < -0.3 is 4.90 Å². The number of hydrogen-bond donors (Lipinski definition) is 2. The fourth-order valence-electron chi connectivity index (χ4n) is 2.73. The third kappa shape index (κ3) is 4.62. The summed E-state index contributed by atoms with van der Waals surface area (Å²) in [7, 11) is 0. The number of aromatic amines is 1. The largest absolute Gasteiger partial charge is 0.372 e. The van der Waals surface area contributed by atoms with E-state index in [0.717, 1.165) is 29.2 Å². The van der Waals surface area contributed by atoms with Crippen LogP contribution in [-0.2, 0) is 0 Å². The van der Waals surface area contributed by atoms with Gasteiger partial charge in [-0.25, -0.2) is 5.43 Å². The molecule has 0 aliphatic carbocycles. The summed E-state index contributed by atoms with van der Waals surface area (Å²) >= 11 is 1.65.